The van der Waals surface area contributed by atoms with Gasteiger partial charge in [-0.1, -0.05) is 37.3 Å². The number of carbonyl (C=O) groups excluding carboxylic acids is 1. The second-order valence-electron chi connectivity index (χ2n) is 8.94. The lowest BCUT2D eigenvalue weighted by Crippen LogP contribution is -2.50. The van der Waals surface area contributed by atoms with Gasteiger partial charge in [0.05, 0.1) is 15.7 Å². The number of piperazine rings is 1. The van der Waals surface area contributed by atoms with Gasteiger partial charge in [-0.15, -0.1) is 11.3 Å². The molecular formula is C26H30N8O2S. The number of thiazole rings is 1. The van der Waals surface area contributed by atoms with Gasteiger partial charge in [0, 0.05) is 45.5 Å². The molecule has 4 aromatic rings. The smallest absolute Gasteiger partial charge is 0.248 e. The first kappa shape index (κ1) is 24.8. The Kier molecular flexibility index (Phi) is 7.71. The molecule has 2 aromatic heterocycles. The molecule has 0 spiro atoms. The van der Waals surface area contributed by atoms with E-state index in [4.69, 9.17) is 14.7 Å². The zero-order chi connectivity index (χ0) is 25.6. The summed E-state index contributed by atoms with van der Waals surface area (Å²) in [5, 5.41) is 6.74. The van der Waals surface area contributed by atoms with E-state index in [9.17, 15) is 4.79 Å². The summed E-state index contributed by atoms with van der Waals surface area (Å²) in [5.74, 6) is 1.82. The summed E-state index contributed by atoms with van der Waals surface area (Å²) in [4.78, 5) is 34.6. The van der Waals surface area contributed by atoms with Crippen molar-refractivity contribution in [2.45, 2.75) is 12.8 Å². The number of aromatic nitrogens is 4. The summed E-state index contributed by atoms with van der Waals surface area (Å²) in [6, 6.07) is 16.4. The summed E-state index contributed by atoms with van der Waals surface area (Å²) in [7, 11) is 1.54. The summed E-state index contributed by atoms with van der Waals surface area (Å²) < 4.78 is 6.09. The van der Waals surface area contributed by atoms with Crippen molar-refractivity contribution in [2.75, 3.05) is 62.0 Å². The Hall–Kier alpha value is -3.83. The Labute approximate surface area is 219 Å². The van der Waals surface area contributed by atoms with Crippen molar-refractivity contribution in [3.05, 3.63) is 59.6 Å². The van der Waals surface area contributed by atoms with Gasteiger partial charge in [-0.05, 0) is 29.7 Å². The lowest BCUT2D eigenvalue weighted by Gasteiger charge is -2.34. The van der Waals surface area contributed by atoms with Gasteiger partial charge < -0.3 is 25.2 Å². The van der Waals surface area contributed by atoms with Gasteiger partial charge in [-0.2, -0.15) is 15.0 Å². The van der Waals surface area contributed by atoms with Crippen molar-refractivity contribution >= 4 is 51.0 Å². The molecule has 1 saturated heterocycles. The van der Waals surface area contributed by atoms with E-state index in [1.165, 1.54) is 12.7 Å². The van der Waals surface area contributed by atoms with E-state index in [2.05, 4.69) is 44.6 Å². The fraction of sp³-hybridized carbons (Fsp3) is 0.346. The van der Waals surface area contributed by atoms with Crippen molar-refractivity contribution in [1.82, 2.24) is 24.8 Å². The maximum Gasteiger partial charge on any atom is 0.248 e. The van der Waals surface area contributed by atoms with E-state index < -0.39 is 0 Å². The minimum Gasteiger partial charge on any atom is -0.375 e. The standard InChI is InChI=1S/C26H30N8O2S/c1-18(19-6-4-3-5-7-19)15-27-24-30-25(29-20-8-9-21-22(14-20)37-17-28-21)32-26(31-24)34-12-10-33(11-13-34)23(35)16-36-2/h3-9,14,17-18H,10-13,15-16H2,1-2H3,(H2,27,29,30,31,32). The Balaban J connectivity index is 1.35. The van der Waals surface area contributed by atoms with Gasteiger partial charge >= 0.3 is 0 Å². The first-order valence-electron chi connectivity index (χ1n) is 12.3. The maximum atomic E-state index is 12.2. The molecule has 1 unspecified atom stereocenters. The number of nitrogens with one attached hydrogen (secondary N) is 2. The molecule has 1 aliphatic heterocycles. The van der Waals surface area contributed by atoms with Crippen LogP contribution in [-0.2, 0) is 9.53 Å². The molecule has 5 rings (SSSR count). The summed E-state index contributed by atoms with van der Waals surface area (Å²) in [6.07, 6.45) is 0. The lowest BCUT2D eigenvalue weighted by atomic mass is 10.0. The van der Waals surface area contributed by atoms with Crippen LogP contribution in [0.1, 0.15) is 18.4 Å². The molecule has 10 nitrogen and oxygen atoms in total. The SMILES string of the molecule is COCC(=O)N1CCN(c2nc(NCC(C)c3ccccc3)nc(Nc3ccc4ncsc4c3)n2)CC1. The van der Waals surface area contributed by atoms with Crippen LogP contribution in [0.25, 0.3) is 10.2 Å². The van der Waals surface area contributed by atoms with Crippen LogP contribution in [0.5, 0.6) is 0 Å². The predicted octanol–water partition coefficient (Wildman–Crippen LogP) is 3.74. The van der Waals surface area contributed by atoms with E-state index in [0.717, 1.165) is 15.9 Å². The number of benzene rings is 2. The number of carbonyl (C=O) groups is 1. The third-order valence-corrected chi connectivity index (χ3v) is 7.12. The molecule has 2 aromatic carbocycles. The minimum atomic E-state index is -0.00383. The predicted molar refractivity (Wildman–Crippen MR) is 147 cm³/mol. The van der Waals surface area contributed by atoms with Gasteiger partial charge in [0.15, 0.2) is 0 Å². The van der Waals surface area contributed by atoms with Crippen LogP contribution in [0, 0.1) is 0 Å². The van der Waals surface area contributed by atoms with Crippen molar-refractivity contribution in [3.63, 3.8) is 0 Å². The van der Waals surface area contributed by atoms with E-state index >= 15 is 0 Å². The van der Waals surface area contributed by atoms with Crippen molar-refractivity contribution < 1.29 is 9.53 Å². The molecule has 1 aliphatic rings. The highest BCUT2D eigenvalue weighted by molar-refractivity contribution is 7.16. The fourth-order valence-electron chi connectivity index (χ4n) is 4.22. The van der Waals surface area contributed by atoms with Crippen LogP contribution >= 0.6 is 11.3 Å². The van der Waals surface area contributed by atoms with Crippen molar-refractivity contribution in [1.29, 1.82) is 0 Å². The van der Waals surface area contributed by atoms with Crippen LogP contribution in [0.3, 0.4) is 0 Å². The number of methoxy groups -OCH3 is 1. The Morgan fingerprint density at radius 2 is 1.84 bits per heavy atom. The zero-order valence-corrected chi connectivity index (χ0v) is 21.7. The minimum absolute atomic E-state index is 0.00383. The zero-order valence-electron chi connectivity index (χ0n) is 20.9. The average molecular weight is 519 g/mol. The van der Waals surface area contributed by atoms with E-state index in [1.54, 1.807) is 11.3 Å². The van der Waals surface area contributed by atoms with Crippen LogP contribution < -0.4 is 15.5 Å². The molecule has 2 N–H and O–H groups in total. The lowest BCUT2D eigenvalue weighted by molar-refractivity contribution is -0.135. The monoisotopic (exact) mass is 518 g/mol. The second-order valence-corrected chi connectivity index (χ2v) is 9.82. The van der Waals surface area contributed by atoms with Crippen LogP contribution in [0.2, 0.25) is 0 Å². The maximum absolute atomic E-state index is 12.2. The topological polar surface area (TPSA) is 108 Å². The van der Waals surface area contributed by atoms with Gasteiger partial charge in [0.2, 0.25) is 23.8 Å². The van der Waals surface area contributed by atoms with E-state index in [1.807, 2.05) is 46.8 Å². The highest BCUT2D eigenvalue weighted by Gasteiger charge is 2.23. The number of anilines is 4. The first-order valence-corrected chi connectivity index (χ1v) is 13.1. The van der Waals surface area contributed by atoms with Crippen molar-refractivity contribution in [3.8, 4) is 0 Å². The van der Waals surface area contributed by atoms with Gasteiger partial charge in [-0.25, -0.2) is 4.98 Å². The van der Waals surface area contributed by atoms with E-state index in [0.29, 0.717) is 50.6 Å². The summed E-state index contributed by atoms with van der Waals surface area (Å²) >= 11 is 1.59. The van der Waals surface area contributed by atoms with Crippen LogP contribution in [0.15, 0.2) is 54.0 Å². The molecule has 1 fully saturated rings. The Morgan fingerprint density at radius 1 is 1.05 bits per heavy atom. The normalized spacial score (nSPS) is 14.5. The number of ether oxygens (including phenoxy) is 1. The third kappa shape index (κ3) is 6.12. The van der Waals surface area contributed by atoms with Crippen LogP contribution in [-0.4, -0.2) is 77.2 Å². The molecule has 0 aliphatic carbocycles. The third-order valence-electron chi connectivity index (χ3n) is 6.33. The summed E-state index contributed by atoms with van der Waals surface area (Å²) in [6.45, 7) is 5.39. The number of hydrogen-bond acceptors (Lipinski definition) is 10. The molecule has 1 amide bonds. The molecule has 192 valence electrons. The van der Waals surface area contributed by atoms with Gasteiger partial charge in [0.1, 0.15) is 6.61 Å². The number of rotatable bonds is 9. The quantitative estimate of drug-likeness (QED) is 0.343. The summed E-state index contributed by atoms with van der Waals surface area (Å²) in [5.41, 5.74) is 4.93. The molecule has 3 heterocycles. The van der Waals surface area contributed by atoms with Gasteiger partial charge in [-0.3, -0.25) is 4.79 Å². The van der Waals surface area contributed by atoms with Gasteiger partial charge in [0.25, 0.3) is 0 Å². The number of fused-ring (bicyclic) bond motifs is 1. The average Bonchev–Trinajstić information content (AvgIpc) is 3.40. The molecule has 0 radical (unpaired) electrons. The van der Waals surface area contributed by atoms with Crippen LogP contribution in [0.4, 0.5) is 23.5 Å². The number of amides is 1. The number of nitrogens with zero attached hydrogens (tertiary/aromatic N) is 6. The molecular weight excluding hydrogens is 488 g/mol. The number of hydrogen-bond donors (Lipinski definition) is 2. The molecule has 0 bridgehead atoms. The second kappa shape index (κ2) is 11.5. The highest BCUT2D eigenvalue weighted by atomic mass is 32.1. The largest absolute Gasteiger partial charge is 0.375 e. The highest BCUT2D eigenvalue weighted by Crippen LogP contribution is 2.25. The molecule has 37 heavy (non-hydrogen) atoms. The Bertz CT molecular complexity index is 1340. The molecule has 11 heteroatoms. The molecule has 0 saturated carbocycles. The van der Waals surface area contributed by atoms with Crippen molar-refractivity contribution in [2.24, 2.45) is 0 Å². The fourth-order valence-corrected chi connectivity index (χ4v) is 4.93. The first-order chi connectivity index (χ1) is 18.1. The Morgan fingerprint density at radius 3 is 2.62 bits per heavy atom. The molecule has 1 atom stereocenters. The van der Waals surface area contributed by atoms with E-state index in [-0.39, 0.29) is 18.4 Å².